The first-order valence-corrected chi connectivity index (χ1v) is 6.32. The van der Waals surface area contributed by atoms with Crippen LogP contribution in [0.2, 0.25) is 0 Å². The minimum absolute atomic E-state index is 0.198. The lowest BCUT2D eigenvalue weighted by atomic mass is 10.0. The smallest absolute Gasteiger partial charge is 0.376 e. The van der Waals surface area contributed by atoms with Gasteiger partial charge in [-0.1, -0.05) is 12.1 Å². The molecule has 1 aliphatic heterocycles. The number of nitrogens with one attached hydrogen (secondary N) is 1. The first kappa shape index (κ1) is 15.2. The van der Waals surface area contributed by atoms with E-state index in [1.807, 2.05) is 0 Å². The summed E-state index contributed by atoms with van der Waals surface area (Å²) in [5.41, 5.74) is 2.74. The van der Waals surface area contributed by atoms with Crippen LogP contribution in [0.3, 0.4) is 0 Å². The fourth-order valence-electron chi connectivity index (χ4n) is 2.12. The molecule has 1 heterocycles. The molecule has 0 bridgehead atoms. The van der Waals surface area contributed by atoms with Crippen molar-refractivity contribution in [1.82, 2.24) is 5.43 Å². The summed E-state index contributed by atoms with van der Waals surface area (Å²) in [6.45, 7) is 1.47. The van der Waals surface area contributed by atoms with Gasteiger partial charge < -0.3 is 9.47 Å². The highest BCUT2D eigenvalue weighted by Gasteiger charge is 2.30. The largest absolute Gasteiger partial charge is 0.416 e. The molecule has 1 aliphatic rings. The Morgan fingerprint density at radius 1 is 1.25 bits per heavy atom. The van der Waals surface area contributed by atoms with Crippen molar-refractivity contribution >= 4 is 0 Å². The van der Waals surface area contributed by atoms with Gasteiger partial charge in [-0.2, -0.15) is 13.2 Å². The summed E-state index contributed by atoms with van der Waals surface area (Å²) in [7, 11) is 0. The van der Waals surface area contributed by atoms with E-state index in [4.69, 9.17) is 15.3 Å². The molecule has 0 aliphatic carbocycles. The topological polar surface area (TPSA) is 56.5 Å². The second-order valence-electron chi connectivity index (χ2n) is 4.66. The molecule has 3 N–H and O–H groups in total. The normalized spacial score (nSPS) is 21.7. The molecule has 0 saturated carbocycles. The van der Waals surface area contributed by atoms with Gasteiger partial charge in [-0.3, -0.25) is 11.3 Å². The summed E-state index contributed by atoms with van der Waals surface area (Å²) >= 11 is 0. The van der Waals surface area contributed by atoms with E-state index in [1.54, 1.807) is 0 Å². The van der Waals surface area contributed by atoms with E-state index < -0.39 is 11.7 Å². The number of halogens is 3. The minimum Gasteiger partial charge on any atom is -0.376 e. The maximum Gasteiger partial charge on any atom is 0.416 e. The average molecular weight is 290 g/mol. The molecule has 2 atom stereocenters. The number of rotatable bonds is 4. The SMILES string of the molecule is NNC(Cc1ccc(C(F)(F)F)cc1)C1COCCO1. The molecule has 112 valence electrons. The Morgan fingerprint density at radius 2 is 1.95 bits per heavy atom. The van der Waals surface area contributed by atoms with Gasteiger partial charge in [-0.15, -0.1) is 0 Å². The van der Waals surface area contributed by atoms with E-state index in [0.29, 0.717) is 26.2 Å². The first-order chi connectivity index (χ1) is 9.50. The van der Waals surface area contributed by atoms with Gasteiger partial charge in [-0.25, -0.2) is 0 Å². The van der Waals surface area contributed by atoms with E-state index in [9.17, 15) is 13.2 Å². The monoisotopic (exact) mass is 290 g/mol. The molecule has 1 saturated heterocycles. The third-order valence-corrected chi connectivity index (χ3v) is 3.24. The van der Waals surface area contributed by atoms with Crippen molar-refractivity contribution < 1.29 is 22.6 Å². The van der Waals surface area contributed by atoms with E-state index in [2.05, 4.69) is 5.43 Å². The Morgan fingerprint density at radius 3 is 2.45 bits per heavy atom. The number of benzene rings is 1. The molecule has 0 amide bonds. The number of hydrogen-bond acceptors (Lipinski definition) is 4. The highest BCUT2D eigenvalue weighted by atomic mass is 19.4. The molecule has 7 heteroatoms. The molecule has 0 radical (unpaired) electrons. The van der Waals surface area contributed by atoms with Crippen molar-refractivity contribution in [1.29, 1.82) is 0 Å². The molecule has 0 spiro atoms. The van der Waals surface area contributed by atoms with Crippen LogP contribution in [0, 0.1) is 0 Å². The van der Waals surface area contributed by atoms with E-state index >= 15 is 0 Å². The molecular formula is C13H17F3N2O2. The summed E-state index contributed by atoms with van der Waals surface area (Å²) in [4.78, 5) is 0. The summed E-state index contributed by atoms with van der Waals surface area (Å²) in [5.74, 6) is 5.49. The fraction of sp³-hybridized carbons (Fsp3) is 0.538. The summed E-state index contributed by atoms with van der Waals surface area (Å²) in [6.07, 6.45) is -4.04. The van der Waals surface area contributed by atoms with Crippen LogP contribution in [0.1, 0.15) is 11.1 Å². The first-order valence-electron chi connectivity index (χ1n) is 6.32. The van der Waals surface area contributed by atoms with Gasteiger partial charge in [0.1, 0.15) is 0 Å². The van der Waals surface area contributed by atoms with Crippen molar-refractivity contribution in [3.63, 3.8) is 0 Å². The zero-order valence-corrected chi connectivity index (χ0v) is 10.8. The number of hydrogen-bond donors (Lipinski definition) is 2. The third kappa shape index (κ3) is 3.92. The Kier molecular flexibility index (Phi) is 4.98. The minimum atomic E-state index is -4.32. The van der Waals surface area contributed by atoms with Gasteiger partial charge in [0.2, 0.25) is 0 Å². The number of ether oxygens (including phenoxy) is 2. The highest BCUT2D eigenvalue weighted by molar-refractivity contribution is 5.25. The molecule has 2 rings (SSSR count). The highest BCUT2D eigenvalue weighted by Crippen LogP contribution is 2.29. The quantitative estimate of drug-likeness (QED) is 0.652. The Hall–Kier alpha value is -1.15. The second-order valence-corrected chi connectivity index (χ2v) is 4.66. The summed E-state index contributed by atoms with van der Waals surface area (Å²) < 4.78 is 48.2. The van der Waals surface area contributed by atoms with Crippen molar-refractivity contribution in [2.75, 3.05) is 19.8 Å². The predicted octanol–water partition coefficient (Wildman–Crippen LogP) is 1.50. The van der Waals surface area contributed by atoms with E-state index in [1.165, 1.54) is 12.1 Å². The van der Waals surface area contributed by atoms with Crippen molar-refractivity contribution in [2.45, 2.75) is 24.7 Å². The van der Waals surface area contributed by atoms with Crippen LogP contribution in [-0.4, -0.2) is 32.0 Å². The Bertz CT molecular complexity index is 417. The van der Waals surface area contributed by atoms with Crippen LogP contribution >= 0.6 is 0 Å². The van der Waals surface area contributed by atoms with Crippen LogP contribution in [0.5, 0.6) is 0 Å². The van der Waals surface area contributed by atoms with E-state index in [0.717, 1.165) is 17.7 Å². The van der Waals surface area contributed by atoms with Crippen molar-refractivity contribution in [3.05, 3.63) is 35.4 Å². The fourth-order valence-corrected chi connectivity index (χ4v) is 2.12. The van der Waals surface area contributed by atoms with Gasteiger partial charge in [0.25, 0.3) is 0 Å². The summed E-state index contributed by atoms with van der Waals surface area (Å²) in [5, 5.41) is 0. The van der Waals surface area contributed by atoms with Crippen LogP contribution in [-0.2, 0) is 22.1 Å². The van der Waals surface area contributed by atoms with Gasteiger partial charge >= 0.3 is 6.18 Å². The van der Waals surface area contributed by atoms with Crippen LogP contribution < -0.4 is 11.3 Å². The Labute approximate surface area is 115 Å². The van der Waals surface area contributed by atoms with Crippen molar-refractivity contribution in [2.24, 2.45) is 5.84 Å². The lowest BCUT2D eigenvalue weighted by Gasteiger charge is -2.30. The Balaban J connectivity index is 2.00. The molecular weight excluding hydrogens is 273 g/mol. The van der Waals surface area contributed by atoms with Crippen molar-refractivity contribution in [3.8, 4) is 0 Å². The average Bonchev–Trinajstić information content (AvgIpc) is 2.45. The standard InChI is InChI=1S/C13H17F3N2O2/c14-13(15,16)10-3-1-9(2-4-10)7-11(18-17)12-8-19-5-6-20-12/h1-4,11-12,18H,5-8,17H2. The molecule has 1 aromatic carbocycles. The molecule has 2 unspecified atom stereocenters. The van der Waals surface area contributed by atoms with Gasteiger partial charge in [0.05, 0.1) is 37.5 Å². The number of nitrogens with two attached hydrogens (primary N) is 1. The summed E-state index contributed by atoms with van der Waals surface area (Å²) in [6, 6.07) is 4.85. The van der Waals surface area contributed by atoms with Gasteiger partial charge in [0, 0.05) is 0 Å². The van der Waals surface area contributed by atoms with Crippen LogP contribution in [0.15, 0.2) is 24.3 Å². The van der Waals surface area contributed by atoms with Gasteiger partial charge in [-0.05, 0) is 24.1 Å². The second kappa shape index (κ2) is 6.53. The van der Waals surface area contributed by atoms with Crippen LogP contribution in [0.25, 0.3) is 0 Å². The lowest BCUT2D eigenvalue weighted by Crippen LogP contribution is -2.50. The molecule has 0 aromatic heterocycles. The van der Waals surface area contributed by atoms with Gasteiger partial charge in [0.15, 0.2) is 0 Å². The maximum atomic E-state index is 12.5. The maximum absolute atomic E-state index is 12.5. The van der Waals surface area contributed by atoms with Crippen LogP contribution in [0.4, 0.5) is 13.2 Å². The predicted molar refractivity (Wildman–Crippen MR) is 66.8 cm³/mol. The number of hydrazine groups is 1. The number of alkyl halides is 3. The third-order valence-electron chi connectivity index (χ3n) is 3.24. The zero-order chi connectivity index (χ0) is 14.6. The molecule has 1 fully saturated rings. The molecule has 1 aromatic rings. The van der Waals surface area contributed by atoms with E-state index in [-0.39, 0.29) is 12.1 Å². The lowest BCUT2D eigenvalue weighted by molar-refractivity contribution is -0.137. The molecule has 20 heavy (non-hydrogen) atoms. The molecule has 4 nitrogen and oxygen atoms in total. The zero-order valence-electron chi connectivity index (χ0n) is 10.8.